The fraction of sp³-hybridized carbons (Fsp3) is 0.462. The van der Waals surface area contributed by atoms with Crippen molar-refractivity contribution in [2.24, 2.45) is 5.41 Å². The molecule has 0 radical (unpaired) electrons. The van der Waals surface area contributed by atoms with Crippen molar-refractivity contribution in [2.75, 3.05) is 38.2 Å². The molecular formula is C26H31FN6O4. The summed E-state index contributed by atoms with van der Waals surface area (Å²) >= 11 is 0. The number of rotatable bonds is 8. The third kappa shape index (κ3) is 6.12. The normalized spacial score (nSPS) is 23.6. The zero-order valence-electron chi connectivity index (χ0n) is 20.9. The summed E-state index contributed by atoms with van der Waals surface area (Å²) in [6.45, 7) is 6.08. The van der Waals surface area contributed by atoms with Crippen LogP contribution in [0.1, 0.15) is 38.8 Å². The van der Waals surface area contributed by atoms with Crippen molar-refractivity contribution in [3.8, 4) is 22.6 Å². The Morgan fingerprint density at radius 3 is 2.65 bits per heavy atom. The van der Waals surface area contributed by atoms with Crippen LogP contribution in [0.4, 0.5) is 10.3 Å². The van der Waals surface area contributed by atoms with Gasteiger partial charge in [-0.3, -0.25) is 4.79 Å². The number of aromatic amines is 1. The van der Waals surface area contributed by atoms with Crippen molar-refractivity contribution >= 4 is 11.9 Å². The summed E-state index contributed by atoms with van der Waals surface area (Å²) in [6, 6.07) is 7.91. The number of nitrogens with zero attached hydrogens (tertiary/aromatic N) is 3. The molecule has 2 aliphatic heterocycles. The molecule has 1 atom stereocenters. The quantitative estimate of drug-likeness (QED) is 0.421. The molecule has 0 bridgehead atoms. The van der Waals surface area contributed by atoms with Gasteiger partial charge in [-0.15, -0.1) is 0 Å². The van der Waals surface area contributed by atoms with Gasteiger partial charge in [0.05, 0.1) is 36.4 Å². The van der Waals surface area contributed by atoms with Gasteiger partial charge in [-0.1, -0.05) is 6.92 Å². The molecule has 196 valence electrons. The van der Waals surface area contributed by atoms with Crippen LogP contribution in [0.15, 0.2) is 36.5 Å². The average molecular weight is 511 g/mol. The number of imidazole rings is 1. The lowest BCUT2D eigenvalue weighted by atomic mass is 9.92. The highest BCUT2D eigenvalue weighted by molar-refractivity contribution is 5.77. The van der Waals surface area contributed by atoms with Crippen LogP contribution in [0.5, 0.6) is 0 Å². The Balaban J connectivity index is 1.39. The number of ether oxygens (including phenoxy) is 3. The van der Waals surface area contributed by atoms with E-state index in [0.717, 1.165) is 25.0 Å². The van der Waals surface area contributed by atoms with Crippen LogP contribution in [0.3, 0.4) is 0 Å². The maximum absolute atomic E-state index is 13.6. The number of nitrogens with one attached hydrogen (secondary N) is 3. The molecule has 4 heterocycles. The molecule has 1 unspecified atom stereocenters. The van der Waals surface area contributed by atoms with E-state index in [-0.39, 0.29) is 23.2 Å². The molecule has 10 nitrogen and oxygen atoms in total. The van der Waals surface area contributed by atoms with Gasteiger partial charge in [0.15, 0.2) is 5.82 Å². The largest absolute Gasteiger partial charge is 0.376 e. The van der Waals surface area contributed by atoms with Gasteiger partial charge >= 0.3 is 0 Å². The SMILES string of the molecule is CC(=O)NCC1(C)COC(c2nc(-c3ccc(F)cc3)c(-c3ccnc(NCC4CCCO4)n3)[nH]2)OC1. The van der Waals surface area contributed by atoms with Crippen LogP contribution < -0.4 is 10.6 Å². The first-order valence-corrected chi connectivity index (χ1v) is 12.4. The van der Waals surface area contributed by atoms with Crippen molar-refractivity contribution < 1.29 is 23.4 Å². The van der Waals surface area contributed by atoms with E-state index in [1.165, 1.54) is 19.1 Å². The van der Waals surface area contributed by atoms with Crippen molar-refractivity contribution in [2.45, 2.75) is 39.1 Å². The minimum atomic E-state index is -0.725. The van der Waals surface area contributed by atoms with Crippen LogP contribution in [-0.2, 0) is 19.0 Å². The molecule has 37 heavy (non-hydrogen) atoms. The fourth-order valence-corrected chi connectivity index (χ4v) is 4.34. The first-order chi connectivity index (χ1) is 17.9. The number of amides is 1. The van der Waals surface area contributed by atoms with Crippen molar-refractivity contribution in [3.63, 3.8) is 0 Å². The summed E-state index contributed by atoms with van der Waals surface area (Å²) in [5.74, 6) is 0.523. The summed E-state index contributed by atoms with van der Waals surface area (Å²) in [6.07, 6.45) is 3.17. The molecule has 0 aliphatic carbocycles. The minimum Gasteiger partial charge on any atom is -0.376 e. The van der Waals surface area contributed by atoms with Crippen molar-refractivity contribution in [1.82, 2.24) is 25.3 Å². The molecule has 2 fully saturated rings. The van der Waals surface area contributed by atoms with Gasteiger partial charge in [-0.05, 0) is 43.2 Å². The molecule has 2 aromatic heterocycles. The second-order valence-corrected chi connectivity index (χ2v) is 9.81. The Labute approximate surface area is 214 Å². The van der Waals surface area contributed by atoms with Crippen LogP contribution in [0.25, 0.3) is 22.6 Å². The maximum atomic E-state index is 13.6. The third-order valence-electron chi connectivity index (χ3n) is 6.42. The van der Waals surface area contributed by atoms with E-state index < -0.39 is 6.29 Å². The van der Waals surface area contributed by atoms with E-state index in [0.29, 0.717) is 55.2 Å². The minimum absolute atomic E-state index is 0.0996. The molecule has 2 aliphatic rings. The van der Waals surface area contributed by atoms with E-state index >= 15 is 0 Å². The molecule has 11 heteroatoms. The average Bonchev–Trinajstić information content (AvgIpc) is 3.58. The smallest absolute Gasteiger partial charge is 0.223 e. The highest BCUT2D eigenvalue weighted by atomic mass is 19.1. The predicted molar refractivity (Wildman–Crippen MR) is 134 cm³/mol. The van der Waals surface area contributed by atoms with Gasteiger partial charge in [0.2, 0.25) is 18.1 Å². The first-order valence-electron chi connectivity index (χ1n) is 12.4. The molecule has 1 amide bonds. The lowest BCUT2D eigenvalue weighted by Crippen LogP contribution is -2.45. The molecular weight excluding hydrogens is 479 g/mol. The number of anilines is 1. The van der Waals surface area contributed by atoms with Gasteiger partial charge in [0.1, 0.15) is 5.82 Å². The number of halogens is 1. The van der Waals surface area contributed by atoms with Gasteiger partial charge in [-0.2, -0.15) is 0 Å². The zero-order valence-corrected chi connectivity index (χ0v) is 20.9. The summed E-state index contributed by atoms with van der Waals surface area (Å²) in [5.41, 5.74) is 2.22. The molecule has 0 saturated carbocycles. The Bertz CT molecular complexity index is 1220. The molecule has 3 aromatic rings. The summed E-state index contributed by atoms with van der Waals surface area (Å²) in [5, 5.41) is 6.08. The Morgan fingerprint density at radius 1 is 1.16 bits per heavy atom. The third-order valence-corrected chi connectivity index (χ3v) is 6.42. The van der Waals surface area contributed by atoms with Crippen LogP contribution in [0.2, 0.25) is 0 Å². The second-order valence-electron chi connectivity index (χ2n) is 9.81. The number of carbonyl (C=O) groups is 1. The summed E-state index contributed by atoms with van der Waals surface area (Å²) < 4.78 is 31.3. The van der Waals surface area contributed by atoms with Gasteiger partial charge < -0.3 is 29.8 Å². The zero-order chi connectivity index (χ0) is 25.8. The number of hydrogen-bond acceptors (Lipinski definition) is 8. The molecule has 0 spiro atoms. The van der Waals surface area contributed by atoms with Gasteiger partial charge in [-0.25, -0.2) is 19.3 Å². The lowest BCUT2D eigenvalue weighted by Gasteiger charge is -2.36. The van der Waals surface area contributed by atoms with Gasteiger partial charge in [0.25, 0.3) is 0 Å². The number of carbonyl (C=O) groups excluding carboxylic acids is 1. The molecule has 5 rings (SSSR count). The first kappa shape index (κ1) is 25.2. The Kier molecular flexibility index (Phi) is 7.45. The molecule has 1 aromatic carbocycles. The van der Waals surface area contributed by atoms with Crippen LogP contribution in [0, 0.1) is 11.2 Å². The standard InChI is InChI=1S/C26H31FN6O4/c1-16(34)30-13-26(2)14-36-24(37-15-26)23-32-21(17-5-7-18(27)8-6-17)22(33-23)20-9-10-28-25(31-20)29-12-19-4-3-11-35-19/h5-10,19,24H,3-4,11-15H2,1-2H3,(H,30,34)(H,32,33)(H,28,29,31). The number of hydrogen-bond donors (Lipinski definition) is 3. The highest BCUT2D eigenvalue weighted by Crippen LogP contribution is 2.35. The van der Waals surface area contributed by atoms with E-state index in [4.69, 9.17) is 19.2 Å². The van der Waals surface area contributed by atoms with Crippen molar-refractivity contribution in [3.05, 3.63) is 48.2 Å². The van der Waals surface area contributed by atoms with E-state index in [1.54, 1.807) is 24.4 Å². The highest BCUT2D eigenvalue weighted by Gasteiger charge is 2.35. The maximum Gasteiger partial charge on any atom is 0.223 e. The monoisotopic (exact) mass is 510 g/mol. The summed E-state index contributed by atoms with van der Waals surface area (Å²) in [4.78, 5) is 28.4. The lowest BCUT2D eigenvalue weighted by molar-refractivity contribution is -0.232. The van der Waals surface area contributed by atoms with Crippen LogP contribution in [-0.4, -0.2) is 64.9 Å². The Hall–Kier alpha value is -3.41. The topological polar surface area (TPSA) is 123 Å². The number of benzene rings is 1. The van der Waals surface area contributed by atoms with Crippen molar-refractivity contribution in [1.29, 1.82) is 0 Å². The number of aromatic nitrogens is 4. The summed E-state index contributed by atoms with van der Waals surface area (Å²) in [7, 11) is 0. The predicted octanol–water partition coefficient (Wildman–Crippen LogP) is 3.45. The fourth-order valence-electron chi connectivity index (χ4n) is 4.34. The van der Waals surface area contributed by atoms with E-state index in [2.05, 4.69) is 25.6 Å². The Morgan fingerprint density at radius 2 is 1.95 bits per heavy atom. The van der Waals surface area contributed by atoms with E-state index in [9.17, 15) is 9.18 Å². The molecule has 2 saturated heterocycles. The second kappa shape index (κ2) is 10.9. The van der Waals surface area contributed by atoms with Crippen LogP contribution >= 0.6 is 0 Å². The number of H-pyrrole nitrogens is 1. The van der Waals surface area contributed by atoms with E-state index in [1.807, 2.05) is 6.92 Å². The molecule has 3 N–H and O–H groups in total. The van der Waals surface area contributed by atoms with Gasteiger partial charge in [0, 0.05) is 43.8 Å².